The van der Waals surface area contributed by atoms with Crippen molar-refractivity contribution in [1.82, 2.24) is 14.7 Å². The number of hydrogen-bond acceptors (Lipinski definition) is 5. The van der Waals surface area contributed by atoms with Gasteiger partial charge in [-0.3, -0.25) is 24.1 Å². The van der Waals surface area contributed by atoms with E-state index in [4.69, 9.17) is 4.74 Å². The van der Waals surface area contributed by atoms with Crippen LogP contribution >= 0.6 is 0 Å². The number of imide groups is 1. The number of carbonyl (C=O) groups excluding carboxylic acids is 4. The Labute approximate surface area is 186 Å². The molecule has 0 aromatic heterocycles. The number of aryl methyl sites for hydroxylation is 1. The zero-order valence-corrected chi connectivity index (χ0v) is 18.0. The molecule has 0 radical (unpaired) electrons. The predicted molar refractivity (Wildman–Crippen MR) is 116 cm³/mol. The van der Waals surface area contributed by atoms with Gasteiger partial charge in [-0.05, 0) is 31.2 Å². The zero-order valence-electron chi connectivity index (χ0n) is 18.0. The van der Waals surface area contributed by atoms with E-state index in [1.165, 1.54) is 0 Å². The molecule has 2 aromatic carbocycles. The molecule has 0 N–H and O–H groups in total. The van der Waals surface area contributed by atoms with Gasteiger partial charge in [0, 0.05) is 39.1 Å². The maximum Gasteiger partial charge on any atom is 0.261 e. The van der Waals surface area contributed by atoms with Gasteiger partial charge in [0.25, 0.3) is 17.7 Å². The average molecular weight is 435 g/mol. The lowest BCUT2D eigenvalue weighted by Crippen LogP contribution is -2.52. The SMILES string of the molecule is Cc1ccc(OCC(=O)N2CCN(C(=O)CCN3C(=O)c4ccccc4C3=O)CC2)cc1. The van der Waals surface area contributed by atoms with E-state index in [1.54, 1.807) is 34.1 Å². The third-order valence-electron chi connectivity index (χ3n) is 5.80. The summed E-state index contributed by atoms with van der Waals surface area (Å²) in [6.45, 7) is 3.67. The first-order chi connectivity index (χ1) is 15.4. The third kappa shape index (κ3) is 4.49. The van der Waals surface area contributed by atoms with Crippen LogP contribution in [0, 0.1) is 6.92 Å². The predicted octanol–water partition coefficient (Wildman–Crippen LogP) is 1.73. The fraction of sp³-hybridized carbons (Fsp3) is 0.333. The van der Waals surface area contributed by atoms with Crippen molar-refractivity contribution < 1.29 is 23.9 Å². The Morgan fingerprint density at radius 1 is 0.812 bits per heavy atom. The Balaban J connectivity index is 1.22. The summed E-state index contributed by atoms with van der Waals surface area (Å²) in [5.41, 5.74) is 1.88. The van der Waals surface area contributed by atoms with Gasteiger partial charge >= 0.3 is 0 Å². The third-order valence-corrected chi connectivity index (χ3v) is 5.80. The molecule has 0 aliphatic carbocycles. The minimum atomic E-state index is -0.359. The molecule has 2 heterocycles. The molecule has 4 rings (SSSR count). The molecule has 0 atom stereocenters. The molecule has 166 valence electrons. The van der Waals surface area contributed by atoms with Crippen molar-refractivity contribution in [2.45, 2.75) is 13.3 Å². The van der Waals surface area contributed by atoms with Gasteiger partial charge in [-0.1, -0.05) is 29.8 Å². The number of rotatable bonds is 6. The molecular formula is C24H25N3O5. The number of piperazine rings is 1. The van der Waals surface area contributed by atoms with Crippen LogP contribution < -0.4 is 4.74 Å². The first-order valence-corrected chi connectivity index (χ1v) is 10.6. The Morgan fingerprint density at radius 3 is 1.91 bits per heavy atom. The number of carbonyl (C=O) groups is 4. The Bertz CT molecular complexity index is 1010. The quantitative estimate of drug-likeness (QED) is 0.645. The van der Waals surface area contributed by atoms with Crippen molar-refractivity contribution in [3.8, 4) is 5.75 Å². The largest absolute Gasteiger partial charge is 0.484 e. The van der Waals surface area contributed by atoms with Gasteiger partial charge in [0.05, 0.1) is 11.1 Å². The lowest BCUT2D eigenvalue weighted by molar-refractivity contribution is -0.140. The molecule has 4 amide bonds. The van der Waals surface area contributed by atoms with Gasteiger partial charge in [-0.15, -0.1) is 0 Å². The summed E-state index contributed by atoms with van der Waals surface area (Å²) < 4.78 is 5.55. The molecule has 2 aliphatic rings. The van der Waals surface area contributed by atoms with Crippen LogP contribution in [0.3, 0.4) is 0 Å². The fourth-order valence-electron chi connectivity index (χ4n) is 3.88. The second-order valence-electron chi connectivity index (χ2n) is 7.92. The molecule has 2 aromatic rings. The van der Waals surface area contributed by atoms with Gasteiger partial charge in [-0.25, -0.2) is 0 Å². The first-order valence-electron chi connectivity index (χ1n) is 10.6. The van der Waals surface area contributed by atoms with E-state index in [0.29, 0.717) is 43.1 Å². The summed E-state index contributed by atoms with van der Waals surface area (Å²) in [7, 11) is 0. The van der Waals surface area contributed by atoms with E-state index in [-0.39, 0.29) is 43.2 Å². The highest BCUT2D eigenvalue weighted by Crippen LogP contribution is 2.22. The van der Waals surface area contributed by atoms with Crippen LogP contribution in [-0.2, 0) is 9.59 Å². The van der Waals surface area contributed by atoms with E-state index in [9.17, 15) is 19.2 Å². The summed E-state index contributed by atoms with van der Waals surface area (Å²) in [6.07, 6.45) is 0.0654. The van der Waals surface area contributed by atoms with Gasteiger partial charge in [0.1, 0.15) is 5.75 Å². The van der Waals surface area contributed by atoms with E-state index < -0.39 is 0 Å². The van der Waals surface area contributed by atoms with Crippen molar-refractivity contribution in [3.63, 3.8) is 0 Å². The highest BCUT2D eigenvalue weighted by molar-refractivity contribution is 6.21. The van der Waals surface area contributed by atoms with Gasteiger partial charge in [-0.2, -0.15) is 0 Å². The lowest BCUT2D eigenvalue weighted by Gasteiger charge is -2.35. The van der Waals surface area contributed by atoms with Crippen LogP contribution in [0.5, 0.6) is 5.75 Å². The summed E-state index contributed by atoms with van der Waals surface area (Å²) in [6, 6.07) is 14.2. The van der Waals surface area contributed by atoms with E-state index in [2.05, 4.69) is 0 Å². The fourth-order valence-corrected chi connectivity index (χ4v) is 3.88. The Kier molecular flexibility index (Phi) is 6.20. The van der Waals surface area contributed by atoms with Crippen LogP contribution in [0.2, 0.25) is 0 Å². The molecule has 0 spiro atoms. The molecule has 0 bridgehead atoms. The maximum absolute atomic E-state index is 12.6. The average Bonchev–Trinajstić information content (AvgIpc) is 3.06. The molecule has 1 saturated heterocycles. The summed E-state index contributed by atoms with van der Waals surface area (Å²) >= 11 is 0. The van der Waals surface area contributed by atoms with Gasteiger partial charge < -0.3 is 14.5 Å². The standard InChI is InChI=1S/C24H25N3O5/c1-17-6-8-18(9-7-17)32-16-22(29)26-14-12-25(13-15-26)21(28)10-11-27-23(30)19-4-2-3-5-20(19)24(27)31/h2-9H,10-16H2,1H3. The van der Waals surface area contributed by atoms with E-state index in [1.807, 2.05) is 31.2 Å². The van der Waals surface area contributed by atoms with Crippen molar-refractivity contribution in [2.75, 3.05) is 39.3 Å². The normalized spacial score (nSPS) is 15.7. The number of benzene rings is 2. The highest BCUT2D eigenvalue weighted by Gasteiger charge is 2.35. The van der Waals surface area contributed by atoms with E-state index >= 15 is 0 Å². The Morgan fingerprint density at radius 2 is 1.34 bits per heavy atom. The van der Waals surface area contributed by atoms with Crippen LogP contribution in [0.15, 0.2) is 48.5 Å². The van der Waals surface area contributed by atoms with Gasteiger partial charge in [0.15, 0.2) is 6.61 Å². The minimum absolute atomic E-state index is 0.0449. The summed E-state index contributed by atoms with van der Waals surface area (Å²) in [4.78, 5) is 54.3. The number of ether oxygens (including phenoxy) is 1. The van der Waals surface area contributed by atoms with Gasteiger partial charge in [0.2, 0.25) is 5.91 Å². The van der Waals surface area contributed by atoms with Crippen LogP contribution in [0.4, 0.5) is 0 Å². The Hall–Kier alpha value is -3.68. The minimum Gasteiger partial charge on any atom is -0.484 e. The number of hydrogen-bond donors (Lipinski definition) is 0. The maximum atomic E-state index is 12.6. The molecule has 32 heavy (non-hydrogen) atoms. The lowest BCUT2D eigenvalue weighted by atomic mass is 10.1. The molecule has 1 fully saturated rings. The van der Waals surface area contributed by atoms with Crippen LogP contribution in [-0.4, -0.2) is 77.7 Å². The molecular weight excluding hydrogens is 410 g/mol. The zero-order chi connectivity index (χ0) is 22.7. The molecule has 8 nitrogen and oxygen atoms in total. The summed E-state index contributed by atoms with van der Waals surface area (Å²) in [5, 5.41) is 0. The van der Waals surface area contributed by atoms with Crippen molar-refractivity contribution in [2.24, 2.45) is 0 Å². The van der Waals surface area contributed by atoms with Crippen molar-refractivity contribution in [3.05, 3.63) is 65.2 Å². The number of fused-ring (bicyclic) bond motifs is 1. The molecule has 0 saturated carbocycles. The first kappa shape index (κ1) is 21.5. The topological polar surface area (TPSA) is 87.2 Å². The van der Waals surface area contributed by atoms with Crippen molar-refractivity contribution in [1.29, 1.82) is 0 Å². The number of amides is 4. The molecule has 8 heteroatoms. The smallest absolute Gasteiger partial charge is 0.261 e. The number of nitrogens with zero attached hydrogens (tertiary/aromatic N) is 3. The highest BCUT2D eigenvalue weighted by atomic mass is 16.5. The molecule has 2 aliphatic heterocycles. The van der Waals surface area contributed by atoms with Crippen LogP contribution in [0.1, 0.15) is 32.7 Å². The van der Waals surface area contributed by atoms with E-state index in [0.717, 1.165) is 10.5 Å². The monoisotopic (exact) mass is 435 g/mol. The van der Waals surface area contributed by atoms with Crippen LogP contribution in [0.25, 0.3) is 0 Å². The summed E-state index contributed by atoms with van der Waals surface area (Å²) in [5.74, 6) is -0.330. The second kappa shape index (κ2) is 9.21. The van der Waals surface area contributed by atoms with Crippen molar-refractivity contribution >= 4 is 23.6 Å². The second-order valence-corrected chi connectivity index (χ2v) is 7.92. The molecule has 0 unspecified atom stereocenters.